The number of nitrogens with zero attached hydrogens (tertiary/aromatic N) is 2. The number of carbonyl (C=O) groups excluding carboxylic acids is 1. The Hall–Kier alpha value is -2.43. The summed E-state index contributed by atoms with van der Waals surface area (Å²) in [7, 11) is 0. The number of rotatable bonds is 5. The van der Waals surface area contributed by atoms with Crippen LogP contribution in [0.25, 0.3) is 11.3 Å². The van der Waals surface area contributed by atoms with Crippen molar-refractivity contribution >= 4 is 5.97 Å². The molecular weight excluding hydrogens is 304 g/mol. The van der Waals surface area contributed by atoms with E-state index in [9.17, 15) is 9.59 Å². The molecule has 0 amide bonds. The molecule has 1 aromatic heterocycles. The minimum absolute atomic E-state index is 0.278. The Morgan fingerprint density at radius 2 is 1.79 bits per heavy atom. The van der Waals surface area contributed by atoms with Crippen LogP contribution in [-0.2, 0) is 9.53 Å². The van der Waals surface area contributed by atoms with Gasteiger partial charge in [0.15, 0.2) is 6.04 Å². The van der Waals surface area contributed by atoms with E-state index in [4.69, 9.17) is 4.74 Å². The van der Waals surface area contributed by atoms with Gasteiger partial charge in [0, 0.05) is 11.6 Å². The molecule has 2 aromatic rings. The van der Waals surface area contributed by atoms with Crippen LogP contribution in [0.5, 0.6) is 0 Å². The van der Waals surface area contributed by atoms with Crippen molar-refractivity contribution in [2.75, 3.05) is 6.61 Å². The smallest absolute Gasteiger partial charge is 0.331 e. The molecule has 2 rings (SSSR count). The quantitative estimate of drug-likeness (QED) is 0.790. The first kappa shape index (κ1) is 17.9. The number of benzene rings is 1. The molecule has 0 aliphatic heterocycles. The number of hydrogen-bond acceptors (Lipinski definition) is 4. The molecule has 0 saturated carbocycles. The molecule has 128 valence electrons. The van der Waals surface area contributed by atoms with E-state index in [2.05, 4.69) is 24.2 Å². The van der Waals surface area contributed by atoms with Crippen LogP contribution in [0.4, 0.5) is 0 Å². The summed E-state index contributed by atoms with van der Waals surface area (Å²) in [5.74, 6) is -0.427. The van der Waals surface area contributed by atoms with Gasteiger partial charge in [-0.2, -0.15) is 5.10 Å². The molecule has 1 heterocycles. The van der Waals surface area contributed by atoms with Gasteiger partial charge < -0.3 is 4.74 Å². The standard InChI is InChI=1S/C19H24N2O3/c1-6-17(19(23)24-7-2)21-18(22)9-8-16(20-21)15-11-13(4)12(3)10-14(15)5/h8-11,17H,6-7H2,1-5H3. The SMILES string of the molecule is CCOC(=O)C(CC)n1nc(-c2cc(C)c(C)cc2C)ccc1=O. The Morgan fingerprint density at radius 3 is 2.42 bits per heavy atom. The van der Waals surface area contributed by atoms with Crippen LogP contribution in [0.2, 0.25) is 0 Å². The molecule has 1 aromatic carbocycles. The molecule has 0 aliphatic carbocycles. The fourth-order valence-corrected chi connectivity index (χ4v) is 2.71. The van der Waals surface area contributed by atoms with Gasteiger partial charge in [0.2, 0.25) is 0 Å². The molecular formula is C19H24N2O3. The van der Waals surface area contributed by atoms with Crippen LogP contribution in [0, 0.1) is 20.8 Å². The van der Waals surface area contributed by atoms with E-state index >= 15 is 0 Å². The lowest BCUT2D eigenvalue weighted by Crippen LogP contribution is -2.32. The molecule has 1 unspecified atom stereocenters. The summed E-state index contributed by atoms with van der Waals surface area (Å²) in [5.41, 5.74) is 4.79. The van der Waals surface area contributed by atoms with Crippen molar-refractivity contribution in [1.29, 1.82) is 0 Å². The van der Waals surface area contributed by atoms with Crippen molar-refractivity contribution in [3.05, 3.63) is 51.3 Å². The third kappa shape index (κ3) is 3.55. The highest BCUT2D eigenvalue weighted by Gasteiger charge is 2.22. The van der Waals surface area contributed by atoms with Crippen molar-refractivity contribution in [2.24, 2.45) is 0 Å². The second kappa shape index (κ2) is 7.43. The number of ether oxygens (including phenoxy) is 1. The zero-order chi connectivity index (χ0) is 17.9. The summed E-state index contributed by atoms with van der Waals surface area (Å²) < 4.78 is 6.31. The fourth-order valence-electron chi connectivity index (χ4n) is 2.71. The molecule has 5 nitrogen and oxygen atoms in total. The zero-order valence-corrected chi connectivity index (χ0v) is 14.9. The highest BCUT2D eigenvalue weighted by atomic mass is 16.5. The number of carbonyl (C=O) groups is 1. The minimum Gasteiger partial charge on any atom is -0.464 e. The average molecular weight is 328 g/mol. The van der Waals surface area contributed by atoms with Crippen LogP contribution in [0.3, 0.4) is 0 Å². The highest BCUT2D eigenvalue weighted by Crippen LogP contribution is 2.24. The van der Waals surface area contributed by atoms with Gasteiger partial charge in [0.05, 0.1) is 12.3 Å². The monoisotopic (exact) mass is 328 g/mol. The van der Waals surface area contributed by atoms with E-state index < -0.39 is 12.0 Å². The zero-order valence-electron chi connectivity index (χ0n) is 14.9. The second-order valence-electron chi connectivity index (χ2n) is 5.93. The van der Waals surface area contributed by atoms with Crippen LogP contribution >= 0.6 is 0 Å². The van der Waals surface area contributed by atoms with Crippen molar-refractivity contribution in [2.45, 2.75) is 47.1 Å². The number of aromatic nitrogens is 2. The predicted molar refractivity (Wildman–Crippen MR) is 94.1 cm³/mol. The molecule has 0 spiro atoms. The van der Waals surface area contributed by atoms with Crippen LogP contribution in [0.1, 0.15) is 43.0 Å². The first-order chi connectivity index (χ1) is 11.4. The third-order valence-electron chi connectivity index (χ3n) is 4.18. The molecule has 0 N–H and O–H groups in total. The van der Waals surface area contributed by atoms with Gasteiger partial charge in [-0.1, -0.05) is 13.0 Å². The Bertz CT molecular complexity index is 809. The lowest BCUT2D eigenvalue weighted by Gasteiger charge is -2.17. The first-order valence-electron chi connectivity index (χ1n) is 8.23. The lowest BCUT2D eigenvalue weighted by molar-refractivity contribution is -0.147. The molecule has 24 heavy (non-hydrogen) atoms. The van der Waals surface area contributed by atoms with Crippen LogP contribution < -0.4 is 5.56 Å². The Balaban J connectivity index is 2.55. The summed E-state index contributed by atoms with van der Waals surface area (Å²) in [6.45, 7) is 9.98. The van der Waals surface area contributed by atoms with E-state index in [1.807, 2.05) is 20.8 Å². The molecule has 0 bridgehead atoms. The molecule has 5 heteroatoms. The van der Waals surface area contributed by atoms with Crippen LogP contribution in [0.15, 0.2) is 29.1 Å². The average Bonchev–Trinajstić information content (AvgIpc) is 2.54. The van der Waals surface area contributed by atoms with Gasteiger partial charge in [-0.05, 0) is 62.9 Å². The van der Waals surface area contributed by atoms with Crippen molar-refractivity contribution in [3.63, 3.8) is 0 Å². The van der Waals surface area contributed by atoms with E-state index in [0.29, 0.717) is 12.1 Å². The van der Waals surface area contributed by atoms with Gasteiger partial charge in [-0.15, -0.1) is 0 Å². The number of esters is 1. The fraction of sp³-hybridized carbons (Fsp3) is 0.421. The van der Waals surface area contributed by atoms with Gasteiger partial charge in [0.1, 0.15) is 0 Å². The maximum absolute atomic E-state index is 12.2. The Morgan fingerprint density at radius 1 is 1.12 bits per heavy atom. The summed E-state index contributed by atoms with van der Waals surface area (Å²) >= 11 is 0. The number of aryl methyl sites for hydroxylation is 3. The van der Waals surface area contributed by atoms with E-state index in [1.54, 1.807) is 13.0 Å². The van der Waals surface area contributed by atoms with Crippen molar-refractivity contribution in [1.82, 2.24) is 9.78 Å². The van der Waals surface area contributed by atoms with Crippen LogP contribution in [-0.4, -0.2) is 22.4 Å². The lowest BCUT2D eigenvalue weighted by atomic mass is 9.99. The van der Waals surface area contributed by atoms with Crippen molar-refractivity contribution in [3.8, 4) is 11.3 Å². The summed E-state index contributed by atoms with van der Waals surface area (Å²) in [6, 6.07) is 6.62. The first-order valence-corrected chi connectivity index (χ1v) is 8.23. The minimum atomic E-state index is -0.704. The summed E-state index contributed by atoms with van der Waals surface area (Å²) in [4.78, 5) is 24.3. The maximum atomic E-state index is 12.2. The van der Waals surface area contributed by atoms with E-state index in [0.717, 1.165) is 16.7 Å². The molecule has 0 saturated heterocycles. The van der Waals surface area contributed by atoms with Gasteiger partial charge in [-0.3, -0.25) is 4.79 Å². The van der Waals surface area contributed by atoms with Gasteiger partial charge in [-0.25, -0.2) is 9.48 Å². The number of hydrogen-bond donors (Lipinski definition) is 0. The summed E-state index contributed by atoms with van der Waals surface area (Å²) in [6.07, 6.45) is 0.446. The van der Waals surface area contributed by atoms with E-state index in [1.165, 1.54) is 16.3 Å². The van der Waals surface area contributed by atoms with E-state index in [-0.39, 0.29) is 12.2 Å². The largest absolute Gasteiger partial charge is 0.464 e. The van der Waals surface area contributed by atoms with Gasteiger partial charge in [0.25, 0.3) is 5.56 Å². The predicted octanol–water partition coefficient (Wildman–Crippen LogP) is 3.35. The maximum Gasteiger partial charge on any atom is 0.331 e. The molecule has 1 atom stereocenters. The Kier molecular flexibility index (Phi) is 5.54. The molecule has 0 fully saturated rings. The normalized spacial score (nSPS) is 12.0. The molecule has 0 radical (unpaired) electrons. The Labute approximate surface area is 142 Å². The topological polar surface area (TPSA) is 61.2 Å². The molecule has 0 aliphatic rings. The second-order valence-corrected chi connectivity index (χ2v) is 5.93. The highest BCUT2D eigenvalue weighted by molar-refractivity contribution is 5.74. The van der Waals surface area contributed by atoms with Crippen molar-refractivity contribution < 1.29 is 9.53 Å². The third-order valence-corrected chi connectivity index (χ3v) is 4.18. The summed E-state index contributed by atoms with van der Waals surface area (Å²) in [5, 5.41) is 4.45. The van der Waals surface area contributed by atoms with Gasteiger partial charge >= 0.3 is 5.97 Å².